The number of benzene rings is 3. The van der Waals surface area contributed by atoms with Crippen molar-refractivity contribution < 1.29 is 31.9 Å². The van der Waals surface area contributed by atoms with E-state index >= 15 is 4.39 Å². The van der Waals surface area contributed by atoms with Crippen LogP contribution in [0.2, 0.25) is 0 Å². The third-order valence-electron chi connectivity index (χ3n) is 8.85. The molecule has 51 heavy (non-hydrogen) atoms. The van der Waals surface area contributed by atoms with Gasteiger partial charge in [0.1, 0.15) is 17.3 Å². The highest BCUT2D eigenvalue weighted by Crippen LogP contribution is 2.36. The largest absolute Gasteiger partial charge is 0.490 e. The molecule has 2 aliphatic rings. The highest BCUT2D eigenvalue weighted by Gasteiger charge is 2.38. The Labute approximate surface area is 296 Å². The average molecular weight is 766 g/mol. The lowest BCUT2D eigenvalue weighted by atomic mass is 10.0. The van der Waals surface area contributed by atoms with Gasteiger partial charge in [0.2, 0.25) is 0 Å². The number of aromatic nitrogens is 4. The number of carbonyl (C=O) groups is 2. The maximum Gasteiger partial charge on any atom is 0.417 e. The zero-order chi connectivity index (χ0) is 36.0. The van der Waals surface area contributed by atoms with Crippen molar-refractivity contribution in [1.82, 2.24) is 29.5 Å². The minimum Gasteiger partial charge on any atom is -0.490 e. The van der Waals surface area contributed by atoms with E-state index < -0.39 is 41.1 Å². The molecule has 0 spiro atoms. The lowest BCUT2D eigenvalue weighted by Crippen LogP contribution is -2.47. The van der Waals surface area contributed by atoms with E-state index in [-0.39, 0.29) is 52.7 Å². The molecule has 3 heterocycles. The highest BCUT2D eigenvalue weighted by atomic mass is 79.9. The summed E-state index contributed by atoms with van der Waals surface area (Å²) in [5, 5.41) is 10.7. The van der Waals surface area contributed by atoms with Crippen LogP contribution >= 0.6 is 15.9 Å². The second kappa shape index (κ2) is 13.4. The predicted molar refractivity (Wildman–Crippen MR) is 181 cm³/mol. The number of nitrogens with zero attached hydrogens (tertiary/aromatic N) is 5. The number of nitrogens with one attached hydrogen (secondary N) is 1. The van der Waals surface area contributed by atoms with Gasteiger partial charge in [0, 0.05) is 46.5 Å². The normalized spacial score (nSPS) is 15.7. The molecule has 1 aliphatic heterocycles. The van der Waals surface area contributed by atoms with E-state index in [2.05, 4.69) is 31.4 Å². The van der Waals surface area contributed by atoms with Gasteiger partial charge in [-0.05, 0) is 80.4 Å². The third-order valence-corrected chi connectivity index (χ3v) is 9.54. The van der Waals surface area contributed by atoms with Crippen molar-refractivity contribution in [2.45, 2.75) is 57.7 Å². The van der Waals surface area contributed by atoms with Gasteiger partial charge in [0.15, 0.2) is 0 Å². The summed E-state index contributed by atoms with van der Waals surface area (Å²) in [5.74, 6) is -1.45. The van der Waals surface area contributed by atoms with Crippen LogP contribution in [0.25, 0.3) is 16.9 Å². The van der Waals surface area contributed by atoms with E-state index in [4.69, 9.17) is 4.74 Å². The SMILES string of the molecule is C[C@H]1Cn2c(c(C(=O)NCc3c(F)cccc3-c3cccnn3)n(-c3ccc(OC4CC4)cc3)c2=O)CN1C(=O)c1ccc(Br)c(C(F)(F)F)c1. The number of hydrogen-bond donors (Lipinski definition) is 1. The Hall–Kier alpha value is -5.31. The molecule has 10 nitrogen and oxygen atoms in total. The molecular formula is C36H29BrF4N6O4. The van der Waals surface area contributed by atoms with E-state index in [0.717, 1.165) is 25.0 Å². The lowest BCUT2D eigenvalue weighted by Gasteiger charge is -2.34. The molecule has 2 amide bonds. The average Bonchev–Trinajstić information content (AvgIpc) is 3.89. The minimum atomic E-state index is -4.71. The maximum absolute atomic E-state index is 15.2. The monoisotopic (exact) mass is 764 g/mol. The van der Waals surface area contributed by atoms with Gasteiger partial charge in [0.05, 0.1) is 35.3 Å². The van der Waals surface area contributed by atoms with Gasteiger partial charge in [-0.15, -0.1) is 0 Å². The van der Waals surface area contributed by atoms with Gasteiger partial charge in [-0.1, -0.05) is 28.1 Å². The molecule has 7 rings (SSSR count). The third kappa shape index (κ3) is 6.77. The first-order valence-corrected chi connectivity index (χ1v) is 16.8. The number of rotatable bonds is 8. The fraction of sp³-hybridized carbons (Fsp3) is 0.250. The van der Waals surface area contributed by atoms with E-state index in [1.165, 1.54) is 38.4 Å². The Morgan fingerprint density at radius 2 is 1.80 bits per heavy atom. The van der Waals surface area contributed by atoms with Gasteiger partial charge in [0.25, 0.3) is 11.8 Å². The summed E-state index contributed by atoms with van der Waals surface area (Å²) in [5.41, 5.74) is -0.445. The number of amides is 2. The molecule has 2 aromatic heterocycles. The molecular weight excluding hydrogens is 736 g/mol. The van der Waals surface area contributed by atoms with Crippen LogP contribution in [0.4, 0.5) is 17.6 Å². The first kappa shape index (κ1) is 34.2. The molecule has 0 unspecified atom stereocenters. The molecule has 5 aromatic rings. The molecule has 1 atom stereocenters. The van der Waals surface area contributed by atoms with Crippen LogP contribution in [0.5, 0.6) is 5.75 Å². The van der Waals surface area contributed by atoms with Crippen molar-refractivity contribution in [3.63, 3.8) is 0 Å². The number of fused-ring (bicyclic) bond motifs is 1. The second-order valence-corrected chi connectivity index (χ2v) is 13.2. The summed E-state index contributed by atoms with van der Waals surface area (Å²) in [6.07, 6.45) is -1.21. The van der Waals surface area contributed by atoms with Gasteiger partial charge < -0.3 is 15.0 Å². The van der Waals surface area contributed by atoms with Gasteiger partial charge in [-0.2, -0.15) is 23.4 Å². The van der Waals surface area contributed by atoms with Gasteiger partial charge in [-0.25, -0.2) is 9.18 Å². The lowest BCUT2D eigenvalue weighted by molar-refractivity contribution is -0.138. The summed E-state index contributed by atoms with van der Waals surface area (Å²) in [4.78, 5) is 43.4. The Kier molecular flexibility index (Phi) is 9.00. The second-order valence-electron chi connectivity index (χ2n) is 12.4. The molecule has 1 N–H and O–H groups in total. The van der Waals surface area contributed by atoms with Crippen LogP contribution in [0, 0.1) is 5.82 Å². The minimum absolute atomic E-state index is 0.0388. The molecule has 262 valence electrons. The molecule has 1 fully saturated rings. The van der Waals surface area contributed by atoms with Crippen molar-refractivity contribution in [2.75, 3.05) is 0 Å². The van der Waals surface area contributed by atoms with Crippen LogP contribution in [0.3, 0.4) is 0 Å². The first-order chi connectivity index (χ1) is 24.4. The number of halogens is 5. The van der Waals surface area contributed by atoms with Gasteiger partial charge >= 0.3 is 11.9 Å². The van der Waals surface area contributed by atoms with E-state index in [1.54, 1.807) is 49.4 Å². The van der Waals surface area contributed by atoms with Gasteiger partial charge in [-0.3, -0.25) is 18.7 Å². The van der Waals surface area contributed by atoms with E-state index in [9.17, 15) is 27.6 Å². The fourth-order valence-corrected chi connectivity index (χ4v) is 6.60. The summed E-state index contributed by atoms with van der Waals surface area (Å²) in [6.45, 7) is 1.07. The van der Waals surface area contributed by atoms with Crippen LogP contribution in [0.1, 0.15) is 57.4 Å². The molecule has 15 heteroatoms. The number of alkyl halides is 3. The number of carbonyl (C=O) groups excluding carboxylic acids is 2. The smallest absolute Gasteiger partial charge is 0.417 e. The van der Waals surface area contributed by atoms with Crippen LogP contribution in [0.15, 0.2) is 88.3 Å². The van der Waals surface area contributed by atoms with Crippen molar-refractivity contribution in [2.24, 2.45) is 0 Å². The standard InChI is InChI=1S/C36H29BrF4N6O4/c1-20-18-46-31(19-45(20)34(49)21-7-14-28(37)27(16-21)36(39,40)41)32(47(35(46)50)22-8-10-23(11-9-22)51-24-12-13-24)33(48)42-17-26-25(4-2-5-29(26)38)30-6-3-15-43-44-30/h2-11,14-16,20,24H,12-13,17-19H2,1H3,(H,42,48)/t20-/m0/s1. The molecule has 1 aliphatic carbocycles. The molecule has 3 aromatic carbocycles. The Balaban J connectivity index is 1.27. The maximum atomic E-state index is 15.2. The summed E-state index contributed by atoms with van der Waals surface area (Å²) >= 11 is 2.91. The Bertz CT molecular complexity index is 2200. The summed E-state index contributed by atoms with van der Waals surface area (Å²) in [7, 11) is 0. The summed E-state index contributed by atoms with van der Waals surface area (Å²) < 4.78 is 64.6. The van der Waals surface area contributed by atoms with Crippen molar-refractivity contribution >= 4 is 27.7 Å². The Morgan fingerprint density at radius 3 is 2.49 bits per heavy atom. The van der Waals surface area contributed by atoms with E-state index in [1.807, 2.05) is 0 Å². The Morgan fingerprint density at radius 1 is 1.04 bits per heavy atom. The van der Waals surface area contributed by atoms with Crippen molar-refractivity contribution in [3.8, 4) is 22.7 Å². The topological polar surface area (TPSA) is 111 Å². The highest BCUT2D eigenvalue weighted by molar-refractivity contribution is 9.10. The quantitative estimate of drug-likeness (QED) is 0.180. The first-order valence-electron chi connectivity index (χ1n) is 16.0. The predicted octanol–water partition coefficient (Wildman–Crippen LogP) is 6.53. The van der Waals surface area contributed by atoms with Crippen LogP contribution in [-0.4, -0.2) is 48.2 Å². The zero-order valence-corrected chi connectivity index (χ0v) is 28.5. The molecule has 0 saturated heterocycles. The van der Waals surface area contributed by atoms with Crippen LogP contribution < -0.4 is 15.7 Å². The fourth-order valence-electron chi connectivity index (χ4n) is 6.13. The van der Waals surface area contributed by atoms with Crippen molar-refractivity contribution in [3.05, 3.63) is 128 Å². The molecule has 1 saturated carbocycles. The van der Waals surface area contributed by atoms with Crippen LogP contribution in [-0.2, 0) is 25.8 Å². The number of hydrogen-bond acceptors (Lipinski definition) is 6. The van der Waals surface area contributed by atoms with E-state index in [0.29, 0.717) is 22.7 Å². The zero-order valence-electron chi connectivity index (χ0n) is 27.0. The molecule has 0 radical (unpaired) electrons. The number of ether oxygens (including phenoxy) is 1. The van der Waals surface area contributed by atoms with Crippen molar-refractivity contribution in [1.29, 1.82) is 0 Å². The molecule has 0 bridgehead atoms. The number of imidazole rings is 1. The summed E-state index contributed by atoms with van der Waals surface area (Å²) in [6, 6.07) is 16.9.